The average molecular weight is 572 g/mol. The molecule has 208 valence electrons. The molecule has 0 saturated carbocycles. The smallest absolute Gasteiger partial charge is 0.359 e. The number of aromatic nitrogens is 3. The summed E-state index contributed by atoms with van der Waals surface area (Å²) in [5.41, 5.74) is 3.13. The molecule has 4 aromatic rings. The second-order valence-electron chi connectivity index (χ2n) is 9.17. The van der Waals surface area contributed by atoms with Crippen LogP contribution < -0.4 is 20.7 Å². The van der Waals surface area contributed by atoms with Crippen LogP contribution in [0.4, 0.5) is 30.6 Å². The van der Waals surface area contributed by atoms with Crippen molar-refractivity contribution in [3.8, 4) is 11.3 Å². The Morgan fingerprint density at radius 1 is 0.925 bits per heavy atom. The number of sulfonamides is 1. The van der Waals surface area contributed by atoms with Crippen LogP contribution in [0.1, 0.15) is 18.4 Å². The number of hydrogen-bond acceptors (Lipinski definition) is 8. The normalized spacial score (nSPS) is 14.1. The van der Waals surface area contributed by atoms with Gasteiger partial charge in [0.15, 0.2) is 5.82 Å². The highest BCUT2D eigenvalue weighted by molar-refractivity contribution is 7.89. The van der Waals surface area contributed by atoms with Gasteiger partial charge in [0.1, 0.15) is 12.1 Å². The van der Waals surface area contributed by atoms with E-state index in [0.29, 0.717) is 35.3 Å². The molecule has 0 radical (unpaired) electrons. The number of anilines is 3. The maximum absolute atomic E-state index is 13.0. The molecular weight excluding hydrogens is 547 g/mol. The van der Waals surface area contributed by atoms with E-state index in [2.05, 4.69) is 25.6 Å². The van der Waals surface area contributed by atoms with Crippen molar-refractivity contribution in [1.29, 1.82) is 0 Å². The third-order valence-corrected chi connectivity index (χ3v) is 7.18. The number of alkyl halides is 3. The monoisotopic (exact) mass is 571 g/mol. The minimum Gasteiger partial charge on any atom is -0.359 e. The predicted octanol–water partition coefficient (Wildman–Crippen LogP) is 4.05. The van der Waals surface area contributed by atoms with Crippen molar-refractivity contribution >= 4 is 44.4 Å². The van der Waals surface area contributed by atoms with E-state index in [9.17, 15) is 26.4 Å². The lowest BCUT2D eigenvalue weighted by molar-refractivity contribution is -0.117. The number of nitrogens with zero attached hydrogens (tertiary/aromatic N) is 4. The van der Waals surface area contributed by atoms with Crippen molar-refractivity contribution in [2.45, 2.75) is 30.5 Å². The third-order valence-electron chi connectivity index (χ3n) is 6.25. The van der Waals surface area contributed by atoms with Gasteiger partial charge >= 0.3 is 6.18 Å². The second-order valence-corrected chi connectivity index (χ2v) is 10.7. The van der Waals surface area contributed by atoms with E-state index in [0.717, 1.165) is 12.1 Å². The lowest BCUT2D eigenvalue weighted by Gasteiger charge is -2.16. The lowest BCUT2D eigenvalue weighted by Crippen LogP contribution is -2.23. The van der Waals surface area contributed by atoms with E-state index in [1.165, 1.54) is 12.1 Å². The van der Waals surface area contributed by atoms with E-state index in [1.807, 2.05) is 12.1 Å². The summed E-state index contributed by atoms with van der Waals surface area (Å²) >= 11 is 0. The Balaban J connectivity index is 1.42. The van der Waals surface area contributed by atoms with Crippen LogP contribution in [0.15, 0.2) is 65.6 Å². The molecule has 4 N–H and O–H groups in total. The Kier molecular flexibility index (Phi) is 7.29. The molecule has 10 nitrogen and oxygen atoms in total. The molecule has 0 spiro atoms. The van der Waals surface area contributed by atoms with Gasteiger partial charge in [-0.1, -0.05) is 24.3 Å². The van der Waals surface area contributed by atoms with Crippen LogP contribution in [-0.4, -0.2) is 48.5 Å². The van der Waals surface area contributed by atoms with Crippen molar-refractivity contribution in [2.75, 3.05) is 28.6 Å². The van der Waals surface area contributed by atoms with Crippen molar-refractivity contribution in [3.05, 3.63) is 66.2 Å². The first-order valence-electron chi connectivity index (χ1n) is 12.2. The molecule has 2 aromatic carbocycles. The number of carbonyl (C=O) groups excluding carboxylic acids is 1. The fraction of sp³-hybridized carbons (Fsp3) is 0.231. The zero-order chi connectivity index (χ0) is 28.5. The number of fused-ring (bicyclic) bond motifs is 1. The van der Waals surface area contributed by atoms with Gasteiger partial charge in [-0.05, 0) is 48.4 Å². The molecule has 0 unspecified atom stereocenters. The number of benzene rings is 2. The highest BCUT2D eigenvalue weighted by Crippen LogP contribution is 2.29. The van der Waals surface area contributed by atoms with Gasteiger partial charge in [0.25, 0.3) is 0 Å². The second kappa shape index (κ2) is 10.7. The number of nitrogens with one attached hydrogen (secondary N) is 2. The van der Waals surface area contributed by atoms with Crippen LogP contribution in [0.5, 0.6) is 0 Å². The van der Waals surface area contributed by atoms with Crippen LogP contribution in [0.3, 0.4) is 0 Å². The Morgan fingerprint density at radius 2 is 1.65 bits per heavy atom. The molecule has 1 aliphatic rings. The SMILES string of the molecule is NS(=O)(=O)c1ccc(CNc2nc(NCC(F)(F)F)c3nc(-c4ccc(N5CCCC5=O)cc4)ccc3n2)cc1. The van der Waals surface area contributed by atoms with Gasteiger partial charge < -0.3 is 15.5 Å². The van der Waals surface area contributed by atoms with Crippen LogP contribution >= 0.6 is 0 Å². The fourth-order valence-corrected chi connectivity index (χ4v) is 4.79. The van der Waals surface area contributed by atoms with Crippen molar-refractivity contribution in [2.24, 2.45) is 5.14 Å². The number of hydrogen-bond donors (Lipinski definition) is 3. The molecule has 40 heavy (non-hydrogen) atoms. The molecule has 3 heterocycles. The minimum atomic E-state index is -4.49. The Labute approximate surface area is 227 Å². The van der Waals surface area contributed by atoms with Gasteiger partial charge in [0, 0.05) is 30.8 Å². The molecule has 1 aliphatic heterocycles. The molecule has 5 rings (SSSR count). The van der Waals surface area contributed by atoms with Gasteiger partial charge in [0.05, 0.1) is 16.1 Å². The highest BCUT2D eigenvalue weighted by Gasteiger charge is 2.28. The van der Waals surface area contributed by atoms with E-state index < -0.39 is 22.7 Å². The summed E-state index contributed by atoms with van der Waals surface area (Å²) in [7, 11) is -3.83. The number of halogens is 3. The summed E-state index contributed by atoms with van der Waals surface area (Å²) < 4.78 is 62.0. The molecular formula is C26H24F3N7O3S. The lowest BCUT2D eigenvalue weighted by atomic mass is 10.1. The zero-order valence-corrected chi connectivity index (χ0v) is 21.8. The number of carbonyl (C=O) groups is 1. The van der Waals surface area contributed by atoms with Crippen molar-refractivity contribution in [3.63, 3.8) is 0 Å². The Morgan fingerprint density at radius 3 is 2.27 bits per heavy atom. The van der Waals surface area contributed by atoms with E-state index in [4.69, 9.17) is 5.14 Å². The van der Waals surface area contributed by atoms with Crippen LogP contribution in [-0.2, 0) is 21.4 Å². The summed E-state index contributed by atoms with van der Waals surface area (Å²) in [4.78, 5) is 26.9. The van der Waals surface area contributed by atoms with E-state index in [1.54, 1.807) is 41.3 Å². The number of amides is 1. The summed E-state index contributed by atoms with van der Waals surface area (Å²) in [6.07, 6.45) is -3.16. The minimum absolute atomic E-state index is 0.0436. The number of pyridine rings is 1. The molecule has 0 atom stereocenters. The quantitative estimate of drug-likeness (QED) is 0.287. The Bertz CT molecular complexity index is 1660. The standard InChI is InChI=1S/C26H24F3N7O3S/c27-26(28,29)15-32-24-23-21(34-25(35-24)31-14-16-3-9-19(10-4-16)40(30,38)39)12-11-20(33-23)17-5-7-18(8-6-17)36-13-1-2-22(36)37/h3-12H,1-2,13-15H2,(H2,30,38,39)(H2,31,32,34,35). The number of nitrogens with two attached hydrogens (primary N) is 1. The first-order chi connectivity index (χ1) is 19.0. The van der Waals surface area contributed by atoms with Gasteiger partial charge in [-0.2, -0.15) is 18.2 Å². The Hall–Kier alpha value is -4.30. The van der Waals surface area contributed by atoms with Crippen LogP contribution in [0.2, 0.25) is 0 Å². The average Bonchev–Trinajstić information content (AvgIpc) is 3.35. The van der Waals surface area contributed by atoms with Gasteiger partial charge in [-0.3, -0.25) is 4.79 Å². The largest absolute Gasteiger partial charge is 0.405 e. The summed E-state index contributed by atoms with van der Waals surface area (Å²) in [6.45, 7) is -0.486. The van der Waals surface area contributed by atoms with E-state index >= 15 is 0 Å². The first-order valence-corrected chi connectivity index (χ1v) is 13.8. The molecule has 2 aromatic heterocycles. The topological polar surface area (TPSA) is 143 Å². The first kappa shape index (κ1) is 27.3. The summed E-state index contributed by atoms with van der Waals surface area (Å²) in [6, 6.07) is 16.4. The molecule has 0 aliphatic carbocycles. The summed E-state index contributed by atoms with van der Waals surface area (Å²) in [5, 5.41) is 10.4. The van der Waals surface area contributed by atoms with Gasteiger partial charge in [-0.25, -0.2) is 23.5 Å². The van der Waals surface area contributed by atoms with Crippen LogP contribution in [0, 0.1) is 0 Å². The zero-order valence-electron chi connectivity index (χ0n) is 20.9. The molecule has 1 amide bonds. The predicted molar refractivity (Wildman–Crippen MR) is 144 cm³/mol. The molecule has 1 saturated heterocycles. The van der Waals surface area contributed by atoms with Gasteiger partial charge in [-0.15, -0.1) is 0 Å². The van der Waals surface area contributed by atoms with Crippen LogP contribution in [0.25, 0.3) is 22.3 Å². The fourth-order valence-electron chi connectivity index (χ4n) is 4.27. The molecule has 1 fully saturated rings. The maximum Gasteiger partial charge on any atom is 0.405 e. The summed E-state index contributed by atoms with van der Waals surface area (Å²) in [5.74, 6) is 0.0245. The highest BCUT2D eigenvalue weighted by atomic mass is 32.2. The third kappa shape index (κ3) is 6.29. The number of primary sulfonamides is 1. The molecule has 14 heteroatoms. The van der Waals surface area contributed by atoms with E-state index in [-0.39, 0.29) is 34.6 Å². The van der Waals surface area contributed by atoms with Gasteiger partial charge in [0.2, 0.25) is 21.9 Å². The van der Waals surface area contributed by atoms with Crippen molar-refractivity contribution < 1.29 is 26.4 Å². The maximum atomic E-state index is 13.0. The number of rotatable bonds is 8. The molecule has 0 bridgehead atoms. The van der Waals surface area contributed by atoms with Crippen molar-refractivity contribution in [1.82, 2.24) is 15.0 Å².